The molecule has 1 aromatic heterocycles. The molecule has 0 atom stereocenters. The molecular formula is C6H8N2O3. The normalized spacial score (nSPS) is 9.91. The summed E-state index contributed by atoms with van der Waals surface area (Å²) in [5, 5.41) is 14.8. The van der Waals surface area contributed by atoms with Crippen LogP contribution in [-0.4, -0.2) is 23.3 Å². The molecule has 0 aromatic carbocycles. The van der Waals surface area contributed by atoms with Crippen molar-refractivity contribution in [2.75, 3.05) is 7.05 Å². The highest BCUT2D eigenvalue weighted by Crippen LogP contribution is 2.05. The van der Waals surface area contributed by atoms with Crippen LogP contribution in [0.25, 0.3) is 0 Å². The van der Waals surface area contributed by atoms with Crippen molar-refractivity contribution in [1.29, 1.82) is 0 Å². The van der Waals surface area contributed by atoms with E-state index in [4.69, 9.17) is 5.11 Å². The second kappa shape index (κ2) is 3.16. The molecule has 0 aliphatic carbocycles. The van der Waals surface area contributed by atoms with E-state index in [1.807, 2.05) is 0 Å². The zero-order valence-corrected chi connectivity index (χ0v) is 6.00. The van der Waals surface area contributed by atoms with Crippen LogP contribution in [0.3, 0.4) is 0 Å². The summed E-state index contributed by atoms with van der Waals surface area (Å²) in [6.45, 7) is 0.401. The predicted molar refractivity (Wildman–Crippen MR) is 36.2 cm³/mol. The summed E-state index contributed by atoms with van der Waals surface area (Å²) in [4.78, 5) is 10.4. The summed E-state index contributed by atoms with van der Waals surface area (Å²) >= 11 is 0. The standard InChI is InChI=1S/C6H8N2O3/c1-7-2-5-4(6(9)10)3-11-8-5/h3,7H,2H2,1H3,(H,9,10). The number of hydrogen-bond acceptors (Lipinski definition) is 4. The third-order valence-corrected chi connectivity index (χ3v) is 1.22. The number of rotatable bonds is 3. The fourth-order valence-electron chi connectivity index (χ4n) is 0.729. The van der Waals surface area contributed by atoms with E-state index in [0.29, 0.717) is 12.2 Å². The third-order valence-electron chi connectivity index (χ3n) is 1.22. The average molecular weight is 156 g/mol. The molecule has 11 heavy (non-hydrogen) atoms. The second-order valence-corrected chi connectivity index (χ2v) is 2.01. The van der Waals surface area contributed by atoms with Crippen LogP contribution >= 0.6 is 0 Å². The highest BCUT2D eigenvalue weighted by Gasteiger charge is 2.12. The molecule has 0 aliphatic heterocycles. The van der Waals surface area contributed by atoms with Gasteiger partial charge in [-0.3, -0.25) is 0 Å². The number of carboxylic acids is 1. The maximum absolute atomic E-state index is 10.4. The zero-order valence-electron chi connectivity index (χ0n) is 6.00. The maximum atomic E-state index is 10.4. The first-order valence-corrected chi connectivity index (χ1v) is 3.07. The van der Waals surface area contributed by atoms with Crippen LogP contribution in [0.1, 0.15) is 16.1 Å². The number of hydrogen-bond donors (Lipinski definition) is 2. The molecule has 5 heteroatoms. The Morgan fingerprint density at radius 2 is 2.64 bits per heavy atom. The SMILES string of the molecule is CNCc1nocc1C(=O)O. The summed E-state index contributed by atoms with van der Waals surface area (Å²) in [6, 6.07) is 0. The van der Waals surface area contributed by atoms with Gasteiger partial charge in [-0.05, 0) is 7.05 Å². The van der Waals surface area contributed by atoms with Gasteiger partial charge in [0.25, 0.3) is 0 Å². The molecule has 2 N–H and O–H groups in total. The second-order valence-electron chi connectivity index (χ2n) is 2.01. The van der Waals surface area contributed by atoms with Crippen LogP contribution in [0.4, 0.5) is 0 Å². The molecule has 0 unspecified atom stereocenters. The van der Waals surface area contributed by atoms with Crippen molar-refractivity contribution in [3.8, 4) is 0 Å². The molecule has 0 radical (unpaired) electrons. The van der Waals surface area contributed by atoms with E-state index in [0.717, 1.165) is 6.26 Å². The molecule has 1 rings (SSSR count). The summed E-state index contributed by atoms with van der Waals surface area (Å²) in [5.41, 5.74) is 0.527. The minimum absolute atomic E-state index is 0.111. The van der Waals surface area contributed by atoms with Gasteiger partial charge in [-0.25, -0.2) is 4.79 Å². The number of carbonyl (C=O) groups is 1. The molecule has 0 aliphatic rings. The highest BCUT2D eigenvalue weighted by atomic mass is 16.5. The Bertz CT molecular complexity index is 256. The van der Waals surface area contributed by atoms with Crippen molar-refractivity contribution in [2.45, 2.75) is 6.54 Å². The Morgan fingerprint density at radius 1 is 1.91 bits per heavy atom. The summed E-state index contributed by atoms with van der Waals surface area (Å²) in [7, 11) is 1.71. The lowest BCUT2D eigenvalue weighted by atomic mass is 10.2. The third kappa shape index (κ3) is 1.56. The van der Waals surface area contributed by atoms with E-state index in [-0.39, 0.29) is 5.56 Å². The van der Waals surface area contributed by atoms with Crippen LogP contribution < -0.4 is 5.32 Å². The van der Waals surface area contributed by atoms with Gasteiger partial charge in [-0.1, -0.05) is 5.16 Å². The number of aromatic nitrogens is 1. The Balaban J connectivity index is 2.87. The zero-order chi connectivity index (χ0) is 8.27. The fraction of sp³-hybridized carbons (Fsp3) is 0.333. The van der Waals surface area contributed by atoms with Crippen LogP contribution in [0.5, 0.6) is 0 Å². The summed E-state index contributed by atoms with van der Waals surface area (Å²) < 4.78 is 4.49. The lowest BCUT2D eigenvalue weighted by Crippen LogP contribution is -2.09. The number of carboxylic acid groups (broad SMARTS) is 1. The average Bonchev–Trinajstić information content (AvgIpc) is 2.36. The van der Waals surface area contributed by atoms with E-state index in [9.17, 15) is 4.79 Å². The van der Waals surface area contributed by atoms with Gasteiger partial charge >= 0.3 is 5.97 Å². The van der Waals surface area contributed by atoms with Gasteiger partial charge in [0, 0.05) is 6.54 Å². The number of nitrogens with zero attached hydrogens (tertiary/aromatic N) is 1. The van der Waals surface area contributed by atoms with Crippen molar-refractivity contribution >= 4 is 5.97 Å². The van der Waals surface area contributed by atoms with Crippen LogP contribution in [0, 0.1) is 0 Å². The summed E-state index contributed by atoms with van der Waals surface area (Å²) in [5.74, 6) is -1.02. The lowest BCUT2D eigenvalue weighted by Gasteiger charge is -1.92. The Morgan fingerprint density at radius 3 is 3.18 bits per heavy atom. The molecule has 0 saturated carbocycles. The Hall–Kier alpha value is -1.36. The van der Waals surface area contributed by atoms with E-state index < -0.39 is 5.97 Å². The molecule has 0 amide bonds. The van der Waals surface area contributed by atoms with Gasteiger partial charge in [0.1, 0.15) is 17.5 Å². The topological polar surface area (TPSA) is 75.4 Å². The smallest absolute Gasteiger partial charge is 0.341 e. The Kier molecular flexibility index (Phi) is 2.22. The van der Waals surface area contributed by atoms with Crippen molar-refractivity contribution in [3.63, 3.8) is 0 Å². The van der Waals surface area contributed by atoms with Gasteiger partial charge < -0.3 is 14.9 Å². The van der Waals surface area contributed by atoms with Gasteiger partial charge in [-0.2, -0.15) is 0 Å². The molecule has 1 aromatic rings. The minimum atomic E-state index is -1.02. The maximum Gasteiger partial charge on any atom is 0.341 e. The van der Waals surface area contributed by atoms with Crippen LogP contribution in [0.15, 0.2) is 10.8 Å². The Labute approximate surface area is 63.0 Å². The number of aromatic carboxylic acids is 1. The van der Waals surface area contributed by atoms with Crippen molar-refractivity contribution < 1.29 is 14.4 Å². The van der Waals surface area contributed by atoms with E-state index >= 15 is 0 Å². The molecule has 0 spiro atoms. The van der Waals surface area contributed by atoms with Gasteiger partial charge in [0.05, 0.1) is 0 Å². The van der Waals surface area contributed by atoms with Gasteiger partial charge in [-0.15, -0.1) is 0 Å². The molecule has 0 fully saturated rings. The predicted octanol–water partition coefficient (Wildman–Crippen LogP) is 0.0922. The molecule has 0 saturated heterocycles. The van der Waals surface area contributed by atoms with Crippen molar-refractivity contribution in [1.82, 2.24) is 10.5 Å². The van der Waals surface area contributed by atoms with Crippen LogP contribution in [0.2, 0.25) is 0 Å². The van der Waals surface area contributed by atoms with Crippen molar-refractivity contribution in [2.24, 2.45) is 0 Å². The highest BCUT2D eigenvalue weighted by molar-refractivity contribution is 5.88. The number of nitrogens with one attached hydrogen (secondary N) is 1. The van der Waals surface area contributed by atoms with Crippen molar-refractivity contribution in [3.05, 3.63) is 17.5 Å². The van der Waals surface area contributed by atoms with Gasteiger partial charge in [0.2, 0.25) is 0 Å². The molecule has 5 nitrogen and oxygen atoms in total. The fourth-order valence-corrected chi connectivity index (χ4v) is 0.729. The van der Waals surface area contributed by atoms with E-state index in [1.54, 1.807) is 7.05 Å². The van der Waals surface area contributed by atoms with E-state index in [2.05, 4.69) is 15.0 Å². The minimum Gasteiger partial charge on any atom is -0.478 e. The quantitative estimate of drug-likeness (QED) is 0.648. The van der Waals surface area contributed by atoms with E-state index in [1.165, 1.54) is 0 Å². The first-order chi connectivity index (χ1) is 5.25. The van der Waals surface area contributed by atoms with Crippen LogP contribution in [-0.2, 0) is 6.54 Å². The lowest BCUT2D eigenvalue weighted by molar-refractivity contribution is 0.0695. The molecule has 0 bridgehead atoms. The molecule has 60 valence electrons. The first kappa shape index (κ1) is 7.74. The largest absolute Gasteiger partial charge is 0.478 e. The first-order valence-electron chi connectivity index (χ1n) is 3.07. The summed E-state index contributed by atoms with van der Waals surface area (Å²) in [6.07, 6.45) is 1.12. The monoisotopic (exact) mass is 156 g/mol. The molecule has 1 heterocycles. The molecular weight excluding hydrogens is 148 g/mol. The van der Waals surface area contributed by atoms with Gasteiger partial charge in [0.15, 0.2) is 0 Å².